The Morgan fingerprint density at radius 2 is 1.50 bits per heavy atom. The highest BCUT2D eigenvalue weighted by Crippen LogP contribution is 2.17. The van der Waals surface area contributed by atoms with Crippen molar-refractivity contribution in [3.63, 3.8) is 0 Å². The van der Waals surface area contributed by atoms with E-state index in [0.29, 0.717) is 23.5 Å². The molecule has 0 saturated carbocycles. The third-order valence-electron chi connectivity index (χ3n) is 3.86. The lowest BCUT2D eigenvalue weighted by atomic mass is 10.0. The Morgan fingerprint density at radius 3 is 2.04 bits per heavy atom. The lowest BCUT2D eigenvalue weighted by Crippen LogP contribution is -2.39. The largest absolute Gasteiger partial charge is 0.494 e. The second-order valence-corrected chi connectivity index (χ2v) is 6.25. The van der Waals surface area contributed by atoms with Crippen molar-refractivity contribution in [1.82, 2.24) is 0 Å². The highest BCUT2D eigenvalue weighted by molar-refractivity contribution is 6.04. The number of benzene rings is 2. The fraction of sp³-hybridized carbons (Fsp3) is 0.300. The molecule has 138 valence electrons. The van der Waals surface area contributed by atoms with Gasteiger partial charge in [-0.3, -0.25) is 9.59 Å². The molecular weight excluding hydrogens is 330 g/mol. The second-order valence-electron chi connectivity index (χ2n) is 6.25. The van der Waals surface area contributed by atoms with Crippen molar-refractivity contribution in [1.29, 1.82) is 0 Å². The van der Waals surface area contributed by atoms with Gasteiger partial charge in [0.2, 0.25) is 5.91 Å². The van der Waals surface area contributed by atoms with Gasteiger partial charge in [-0.25, -0.2) is 0 Å². The average molecular weight is 355 g/mol. The first-order chi connectivity index (χ1) is 12.4. The molecule has 6 nitrogen and oxygen atoms in total. The molecule has 2 rings (SSSR count). The number of carbonyl (C=O) groups excluding carboxylic acids is 2. The first-order valence-corrected chi connectivity index (χ1v) is 8.61. The molecular formula is C20H25N3O3. The van der Waals surface area contributed by atoms with Gasteiger partial charge in [0.15, 0.2) is 0 Å². The minimum atomic E-state index is -0.572. The van der Waals surface area contributed by atoms with Gasteiger partial charge >= 0.3 is 0 Å². The molecule has 0 spiro atoms. The van der Waals surface area contributed by atoms with Gasteiger partial charge in [-0.1, -0.05) is 13.8 Å². The van der Waals surface area contributed by atoms with Gasteiger partial charge in [0.25, 0.3) is 5.91 Å². The first-order valence-electron chi connectivity index (χ1n) is 8.61. The van der Waals surface area contributed by atoms with E-state index in [-0.39, 0.29) is 17.7 Å². The van der Waals surface area contributed by atoms with Gasteiger partial charge in [0.1, 0.15) is 5.75 Å². The molecule has 26 heavy (non-hydrogen) atoms. The van der Waals surface area contributed by atoms with Crippen LogP contribution < -0.4 is 21.1 Å². The van der Waals surface area contributed by atoms with E-state index >= 15 is 0 Å². The molecule has 4 N–H and O–H groups in total. The van der Waals surface area contributed by atoms with E-state index in [9.17, 15) is 9.59 Å². The minimum absolute atomic E-state index is 0.0502. The van der Waals surface area contributed by atoms with E-state index in [1.54, 1.807) is 48.5 Å². The maximum Gasteiger partial charge on any atom is 0.255 e. The van der Waals surface area contributed by atoms with Crippen molar-refractivity contribution in [3.05, 3.63) is 54.1 Å². The molecule has 0 aliphatic carbocycles. The zero-order valence-corrected chi connectivity index (χ0v) is 15.3. The normalized spacial score (nSPS) is 11.7. The minimum Gasteiger partial charge on any atom is -0.494 e. The van der Waals surface area contributed by atoms with Crippen LogP contribution in [0.25, 0.3) is 0 Å². The number of hydrogen-bond donors (Lipinski definition) is 3. The van der Waals surface area contributed by atoms with Crippen molar-refractivity contribution in [3.8, 4) is 5.75 Å². The Bertz CT molecular complexity index is 740. The zero-order valence-electron chi connectivity index (χ0n) is 15.3. The number of nitrogens with two attached hydrogens (primary N) is 1. The number of rotatable bonds is 7. The van der Waals surface area contributed by atoms with Gasteiger partial charge in [-0.15, -0.1) is 0 Å². The molecule has 0 unspecified atom stereocenters. The monoisotopic (exact) mass is 355 g/mol. The molecule has 6 heteroatoms. The highest BCUT2D eigenvalue weighted by Gasteiger charge is 2.17. The molecule has 2 aromatic rings. The maximum atomic E-state index is 12.3. The molecule has 0 fully saturated rings. The molecule has 0 aliphatic rings. The molecule has 0 aliphatic heterocycles. The van der Waals surface area contributed by atoms with E-state index in [0.717, 1.165) is 5.75 Å². The summed E-state index contributed by atoms with van der Waals surface area (Å²) < 4.78 is 5.37. The third-order valence-corrected chi connectivity index (χ3v) is 3.86. The van der Waals surface area contributed by atoms with Crippen LogP contribution in [0.2, 0.25) is 0 Å². The van der Waals surface area contributed by atoms with Crippen molar-refractivity contribution in [2.45, 2.75) is 26.8 Å². The van der Waals surface area contributed by atoms with Gasteiger partial charge in [-0.2, -0.15) is 0 Å². The molecule has 2 amide bonds. The Labute approximate surface area is 153 Å². The van der Waals surface area contributed by atoms with E-state index in [4.69, 9.17) is 10.5 Å². The van der Waals surface area contributed by atoms with Crippen LogP contribution in [0.15, 0.2) is 48.5 Å². The number of amides is 2. The summed E-state index contributed by atoms with van der Waals surface area (Å²) in [5.74, 6) is 0.330. The molecule has 0 heterocycles. The van der Waals surface area contributed by atoms with Gasteiger partial charge in [0, 0.05) is 16.9 Å². The second kappa shape index (κ2) is 9.01. The number of carbonyl (C=O) groups is 2. The molecule has 1 atom stereocenters. The Morgan fingerprint density at radius 1 is 0.962 bits per heavy atom. The lowest BCUT2D eigenvalue weighted by molar-refractivity contribution is -0.118. The number of anilines is 2. The Hall–Kier alpha value is -2.86. The van der Waals surface area contributed by atoms with Crippen LogP contribution in [0.1, 0.15) is 31.1 Å². The molecule has 0 saturated heterocycles. The Balaban J connectivity index is 1.96. The van der Waals surface area contributed by atoms with Crippen LogP contribution in [0.3, 0.4) is 0 Å². The van der Waals surface area contributed by atoms with Crippen LogP contribution in [0, 0.1) is 5.92 Å². The molecule has 0 aromatic heterocycles. The van der Waals surface area contributed by atoms with Crippen molar-refractivity contribution >= 4 is 23.2 Å². The summed E-state index contributed by atoms with van der Waals surface area (Å²) >= 11 is 0. The smallest absolute Gasteiger partial charge is 0.255 e. The molecule has 2 aromatic carbocycles. The zero-order chi connectivity index (χ0) is 19.1. The van der Waals surface area contributed by atoms with Crippen LogP contribution >= 0.6 is 0 Å². The van der Waals surface area contributed by atoms with Crippen LogP contribution in [0.4, 0.5) is 11.4 Å². The highest BCUT2D eigenvalue weighted by atomic mass is 16.5. The van der Waals surface area contributed by atoms with Crippen LogP contribution in [-0.2, 0) is 4.79 Å². The summed E-state index contributed by atoms with van der Waals surface area (Å²) in [6, 6.07) is 13.3. The topological polar surface area (TPSA) is 93.5 Å². The quantitative estimate of drug-likeness (QED) is 0.711. The summed E-state index contributed by atoms with van der Waals surface area (Å²) in [7, 11) is 0. The summed E-state index contributed by atoms with van der Waals surface area (Å²) in [6.07, 6.45) is 0. The molecule has 0 bridgehead atoms. The van der Waals surface area contributed by atoms with Gasteiger partial charge in [0.05, 0.1) is 12.6 Å². The van der Waals surface area contributed by atoms with E-state index in [2.05, 4.69) is 10.6 Å². The maximum absolute atomic E-state index is 12.3. The average Bonchev–Trinajstić information content (AvgIpc) is 2.63. The van der Waals surface area contributed by atoms with Crippen molar-refractivity contribution in [2.75, 3.05) is 17.2 Å². The fourth-order valence-corrected chi connectivity index (χ4v) is 2.24. The lowest BCUT2D eigenvalue weighted by Gasteiger charge is -2.15. The summed E-state index contributed by atoms with van der Waals surface area (Å²) in [6.45, 7) is 6.28. The standard InChI is InChI=1S/C20H25N3O3/c1-4-26-17-11-9-16(10-12-17)22-19(24)14-5-7-15(8-6-14)23-20(25)18(21)13(2)3/h5-13,18H,4,21H2,1-3H3,(H,22,24)(H,23,25)/t18-/m0/s1. The number of nitrogens with one attached hydrogen (secondary N) is 2. The van der Waals surface area contributed by atoms with Crippen LogP contribution in [0.5, 0.6) is 5.75 Å². The number of hydrogen-bond acceptors (Lipinski definition) is 4. The Kier molecular flexibility index (Phi) is 6.74. The van der Waals surface area contributed by atoms with Gasteiger partial charge in [-0.05, 0) is 61.4 Å². The first kappa shape index (κ1) is 19.5. The van der Waals surface area contributed by atoms with Crippen LogP contribution in [-0.4, -0.2) is 24.5 Å². The van der Waals surface area contributed by atoms with E-state index < -0.39 is 6.04 Å². The fourth-order valence-electron chi connectivity index (χ4n) is 2.24. The van der Waals surface area contributed by atoms with E-state index in [1.807, 2.05) is 20.8 Å². The van der Waals surface area contributed by atoms with Crippen molar-refractivity contribution < 1.29 is 14.3 Å². The summed E-state index contributed by atoms with van der Waals surface area (Å²) in [5.41, 5.74) is 7.59. The van der Waals surface area contributed by atoms with Gasteiger partial charge < -0.3 is 21.1 Å². The predicted molar refractivity (Wildman–Crippen MR) is 103 cm³/mol. The molecule has 0 radical (unpaired) electrons. The third kappa shape index (κ3) is 5.32. The van der Waals surface area contributed by atoms with Crippen molar-refractivity contribution in [2.24, 2.45) is 11.7 Å². The van der Waals surface area contributed by atoms with E-state index in [1.165, 1.54) is 0 Å². The summed E-state index contributed by atoms with van der Waals surface area (Å²) in [5, 5.41) is 5.57. The number of ether oxygens (including phenoxy) is 1. The predicted octanol–water partition coefficient (Wildman–Crippen LogP) is 3.26. The SMILES string of the molecule is CCOc1ccc(NC(=O)c2ccc(NC(=O)[C@@H](N)C(C)C)cc2)cc1. The summed E-state index contributed by atoms with van der Waals surface area (Å²) in [4.78, 5) is 24.3.